The van der Waals surface area contributed by atoms with Crippen molar-refractivity contribution in [1.29, 1.82) is 0 Å². The van der Waals surface area contributed by atoms with Gasteiger partial charge in [-0.1, -0.05) is 6.07 Å². The fourth-order valence-corrected chi connectivity index (χ4v) is 1.86. The molecule has 1 aliphatic heterocycles. The van der Waals surface area contributed by atoms with E-state index in [0.29, 0.717) is 16.1 Å². The van der Waals surface area contributed by atoms with Crippen LogP contribution in [0.25, 0.3) is 0 Å². The van der Waals surface area contributed by atoms with E-state index in [1.165, 1.54) is 6.92 Å². The lowest BCUT2D eigenvalue weighted by Gasteiger charge is -2.17. The van der Waals surface area contributed by atoms with Crippen LogP contribution in [0.4, 0.5) is 17.1 Å². The molecule has 1 aliphatic rings. The molecule has 0 saturated heterocycles. The Morgan fingerprint density at radius 2 is 2.12 bits per heavy atom. The Hall–Kier alpha value is -1.95. The highest BCUT2D eigenvalue weighted by Crippen LogP contribution is 2.46. The Balaban J connectivity index is 2.59. The van der Waals surface area contributed by atoms with Gasteiger partial charge in [-0.2, -0.15) is 5.06 Å². The van der Waals surface area contributed by atoms with Gasteiger partial charge in [0, 0.05) is 25.7 Å². The van der Waals surface area contributed by atoms with Crippen LogP contribution < -0.4 is 10.4 Å². The third-order valence-electron chi connectivity index (χ3n) is 2.77. The molecule has 1 amide bonds. The number of carbonyl (C=O) groups is 1. The molecule has 0 saturated carbocycles. The molecule has 17 heavy (non-hydrogen) atoms. The summed E-state index contributed by atoms with van der Waals surface area (Å²) >= 11 is 0. The van der Waals surface area contributed by atoms with Crippen LogP contribution in [0.15, 0.2) is 18.2 Å². The van der Waals surface area contributed by atoms with E-state index in [0.717, 1.165) is 5.06 Å². The quantitative estimate of drug-likeness (QED) is 0.731. The largest absolute Gasteiger partial charge is 0.321 e. The van der Waals surface area contributed by atoms with Crippen LogP contribution >= 0.6 is 0 Å². The summed E-state index contributed by atoms with van der Waals surface area (Å²) in [6.07, 6.45) is 0. The minimum atomic E-state index is -1.09. The monoisotopic (exact) mass is 236 g/mol. The molecule has 0 radical (unpaired) electrons. The van der Waals surface area contributed by atoms with Crippen LogP contribution in [-0.4, -0.2) is 21.5 Å². The lowest BCUT2D eigenvalue weighted by Crippen LogP contribution is -2.43. The van der Waals surface area contributed by atoms with Crippen LogP contribution in [0, 0.1) is 4.91 Å². The first-order valence-electron chi connectivity index (χ1n) is 5.23. The molecule has 0 aliphatic carbocycles. The van der Waals surface area contributed by atoms with Gasteiger partial charge in [0.1, 0.15) is 11.4 Å². The van der Waals surface area contributed by atoms with Gasteiger partial charge in [0.05, 0.1) is 4.76 Å². The minimum absolute atomic E-state index is 0.263. The van der Waals surface area contributed by atoms with Gasteiger partial charge in [0.25, 0.3) is 0 Å². The molecule has 0 atom stereocenters. The number of hydroxylamine groups is 1. The molecule has 1 aromatic rings. The van der Waals surface area contributed by atoms with Crippen molar-refractivity contribution < 1.29 is 14.8 Å². The average molecular weight is 236 g/mol. The zero-order valence-electron chi connectivity index (χ0n) is 9.89. The molecule has 6 heteroatoms. The van der Waals surface area contributed by atoms with E-state index in [4.69, 9.17) is 0 Å². The van der Waals surface area contributed by atoms with E-state index >= 15 is 0 Å². The van der Waals surface area contributed by atoms with Crippen molar-refractivity contribution in [2.45, 2.75) is 26.4 Å². The van der Waals surface area contributed by atoms with Crippen molar-refractivity contribution in [1.82, 2.24) is 0 Å². The van der Waals surface area contributed by atoms with Gasteiger partial charge in [-0.15, -0.1) is 0 Å². The summed E-state index contributed by atoms with van der Waals surface area (Å²) in [6.45, 7) is 4.56. The van der Waals surface area contributed by atoms with Crippen LogP contribution in [-0.2, 0) is 4.79 Å². The molecule has 1 aromatic carbocycles. The lowest BCUT2D eigenvalue weighted by molar-refractivity contribution is -0.540. The maximum atomic E-state index is 12.1. The molecule has 0 fully saturated rings. The van der Waals surface area contributed by atoms with E-state index < -0.39 is 5.66 Å². The number of benzene rings is 1. The van der Waals surface area contributed by atoms with E-state index in [-0.39, 0.29) is 11.6 Å². The first-order valence-corrected chi connectivity index (χ1v) is 5.23. The zero-order valence-corrected chi connectivity index (χ0v) is 9.89. The molecule has 0 bridgehead atoms. The highest BCUT2D eigenvalue weighted by atomic mass is 16.5. The maximum absolute atomic E-state index is 12.1. The van der Waals surface area contributed by atoms with Crippen LogP contribution in [0.1, 0.15) is 20.8 Å². The number of anilines is 2. The van der Waals surface area contributed by atoms with Crippen LogP contribution in [0.2, 0.25) is 0 Å². The number of nitrogens with zero attached hydrogens (tertiary/aromatic N) is 2. The van der Waals surface area contributed by atoms with E-state index in [9.17, 15) is 14.9 Å². The van der Waals surface area contributed by atoms with Crippen molar-refractivity contribution in [3.8, 4) is 0 Å². The second-order valence-corrected chi connectivity index (χ2v) is 4.46. The highest BCUT2D eigenvalue weighted by Gasteiger charge is 2.54. The third kappa shape index (κ3) is 1.57. The van der Waals surface area contributed by atoms with E-state index in [1.54, 1.807) is 32.0 Å². The maximum Gasteiger partial charge on any atom is 0.308 e. The van der Waals surface area contributed by atoms with Gasteiger partial charge < -0.3 is 5.32 Å². The number of hydrogen-bond donors (Lipinski definition) is 2. The fraction of sp³-hybridized carbons (Fsp3) is 0.364. The van der Waals surface area contributed by atoms with Crippen molar-refractivity contribution in [2.75, 3.05) is 10.4 Å². The van der Waals surface area contributed by atoms with Gasteiger partial charge in [0.2, 0.25) is 5.91 Å². The lowest BCUT2D eigenvalue weighted by atomic mass is 10.2. The normalized spacial score (nSPS) is 16.9. The molecule has 6 nitrogen and oxygen atoms in total. The smallest absolute Gasteiger partial charge is 0.308 e. The predicted molar refractivity (Wildman–Crippen MR) is 62.4 cm³/mol. The van der Waals surface area contributed by atoms with Crippen LogP contribution in [0.3, 0.4) is 0 Å². The number of fused-ring (bicyclic) bond motifs is 1. The summed E-state index contributed by atoms with van der Waals surface area (Å²) in [6, 6.07) is 4.92. The molecular weight excluding hydrogens is 222 g/mol. The Morgan fingerprint density at radius 1 is 1.47 bits per heavy atom. The predicted octanol–water partition coefficient (Wildman–Crippen LogP) is 2.00. The van der Waals surface area contributed by atoms with Crippen LogP contribution in [0.5, 0.6) is 0 Å². The molecule has 0 unspecified atom stereocenters. The number of carbonyl (C=O) groups excluding carboxylic acids is 1. The first kappa shape index (κ1) is 11.5. The Labute approximate surface area is 98.4 Å². The highest BCUT2D eigenvalue weighted by molar-refractivity contribution is 5.94. The summed E-state index contributed by atoms with van der Waals surface area (Å²) in [4.78, 5) is 23.1. The third-order valence-corrected chi connectivity index (χ3v) is 2.77. The van der Waals surface area contributed by atoms with Crippen molar-refractivity contribution >= 4 is 23.0 Å². The second kappa shape index (κ2) is 3.53. The average Bonchev–Trinajstić information content (AvgIpc) is 2.41. The van der Waals surface area contributed by atoms with Crippen molar-refractivity contribution in [3.05, 3.63) is 23.1 Å². The number of amides is 1. The Morgan fingerprint density at radius 3 is 2.71 bits per heavy atom. The van der Waals surface area contributed by atoms with E-state index in [2.05, 4.69) is 5.32 Å². The van der Waals surface area contributed by atoms with E-state index in [1.807, 2.05) is 0 Å². The Bertz CT molecular complexity index is 511. The van der Waals surface area contributed by atoms with Crippen molar-refractivity contribution in [2.24, 2.45) is 0 Å². The molecule has 90 valence electrons. The van der Waals surface area contributed by atoms with Crippen molar-refractivity contribution in [3.63, 3.8) is 0 Å². The SMILES string of the molecule is CC(=O)Nc1cccc2c1[N+](=O)C(C)(C)N2O. The fourth-order valence-electron chi connectivity index (χ4n) is 1.86. The molecule has 0 spiro atoms. The van der Waals surface area contributed by atoms with Gasteiger partial charge in [0.15, 0.2) is 0 Å². The topological polar surface area (TPSA) is 72.7 Å². The standard InChI is InChI=1S/C11H13N3O3/c1-7(15)12-8-5-4-6-9-10(8)14(17)11(2,3)13(9)16/h4-6,16H,1-3H3/p+1. The number of rotatable bonds is 1. The summed E-state index contributed by atoms with van der Waals surface area (Å²) in [5.74, 6) is -0.263. The number of nitroso groups, excluding NO2 is 1. The summed E-state index contributed by atoms with van der Waals surface area (Å²) in [5.41, 5.74) is -0.0299. The molecular formula is C11H14N3O3+. The summed E-state index contributed by atoms with van der Waals surface area (Å²) < 4.78 is 0.688. The molecule has 2 rings (SSSR count). The van der Waals surface area contributed by atoms with Gasteiger partial charge in [-0.25, -0.2) is 0 Å². The van der Waals surface area contributed by atoms with Gasteiger partial charge in [-0.05, 0) is 12.1 Å². The number of nitrogens with one attached hydrogen (secondary N) is 1. The minimum Gasteiger partial charge on any atom is -0.321 e. The second-order valence-electron chi connectivity index (χ2n) is 4.46. The number of hydrogen-bond acceptors (Lipinski definition) is 4. The molecule has 2 N–H and O–H groups in total. The molecule has 1 heterocycles. The summed E-state index contributed by atoms with van der Waals surface area (Å²) in [5, 5.41) is 13.4. The number of para-hydroxylation sites is 1. The molecule has 0 aromatic heterocycles. The Kier molecular flexibility index (Phi) is 2.39. The van der Waals surface area contributed by atoms with Gasteiger partial charge in [-0.3, -0.25) is 10.0 Å². The van der Waals surface area contributed by atoms with Gasteiger partial charge >= 0.3 is 11.4 Å². The zero-order chi connectivity index (χ0) is 12.8. The summed E-state index contributed by atoms with van der Waals surface area (Å²) in [7, 11) is 0. The first-order chi connectivity index (χ1) is 7.85.